The molecular formula is C17H21N7O. The summed E-state index contributed by atoms with van der Waals surface area (Å²) in [6, 6.07) is 7.94. The standard InChI is InChI=1S/C17H21N7O/c1-11-3-7-14(8-4-11)17-21-20-16(25-17)12(2)18-9-15-19-22-23-24(15)10-13-5-6-13/h3-4,7-8,12-13,18H,5-6,9-10H2,1-2H3. The lowest BCUT2D eigenvalue weighted by Crippen LogP contribution is -2.21. The van der Waals surface area contributed by atoms with Crippen LogP contribution in [0.3, 0.4) is 0 Å². The second-order valence-electron chi connectivity index (χ2n) is 6.63. The van der Waals surface area contributed by atoms with E-state index in [2.05, 4.69) is 31.0 Å². The normalized spacial score (nSPS) is 15.4. The van der Waals surface area contributed by atoms with Gasteiger partial charge in [0.25, 0.3) is 0 Å². The molecule has 0 aliphatic heterocycles. The Kier molecular flexibility index (Phi) is 4.27. The Balaban J connectivity index is 1.39. The van der Waals surface area contributed by atoms with Crippen LogP contribution in [-0.4, -0.2) is 30.4 Å². The van der Waals surface area contributed by atoms with Gasteiger partial charge in [-0.25, -0.2) is 4.68 Å². The summed E-state index contributed by atoms with van der Waals surface area (Å²) in [4.78, 5) is 0. The zero-order valence-corrected chi connectivity index (χ0v) is 14.4. The van der Waals surface area contributed by atoms with Gasteiger partial charge in [0.2, 0.25) is 11.8 Å². The van der Waals surface area contributed by atoms with Crippen molar-refractivity contribution in [2.75, 3.05) is 0 Å². The van der Waals surface area contributed by atoms with Crippen molar-refractivity contribution < 1.29 is 4.42 Å². The van der Waals surface area contributed by atoms with E-state index in [0.29, 0.717) is 18.3 Å². The maximum Gasteiger partial charge on any atom is 0.247 e. The molecule has 2 heterocycles. The fraction of sp³-hybridized carbons (Fsp3) is 0.471. The number of aryl methyl sites for hydroxylation is 1. The van der Waals surface area contributed by atoms with E-state index in [4.69, 9.17) is 4.42 Å². The number of nitrogens with one attached hydrogen (secondary N) is 1. The van der Waals surface area contributed by atoms with E-state index in [9.17, 15) is 0 Å². The first-order valence-corrected chi connectivity index (χ1v) is 8.58. The first-order chi connectivity index (χ1) is 12.2. The van der Waals surface area contributed by atoms with Crippen molar-refractivity contribution in [1.29, 1.82) is 0 Å². The molecule has 0 saturated heterocycles. The van der Waals surface area contributed by atoms with Gasteiger partial charge in [-0.05, 0) is 55.2 Å². The molecule has 2 aromatic heterocycles. The molecule has 8 heteroatoms. The molecule has 0 radical (unpaired) electrons. The number of aromatic nitrogens is 6. The number of tetrazole rings is 1. The van der Waals surface area contributed by atoms with Gasteiger partial charge in [-0.3, -0.25) is 5.32 Å². The molecule has 4 rings (SSSR count). The van der Waals surface area contributed by atoms with Crippen LogP contribution in [0.25, 0.3) is 11.5 Å². The molecule has 3 aromatic rings. The van der Waals surface area contributed by atoms with Crippen molar-refractivity contribution in [2.45, 2.75) is 45.8 Å². The summed E-state index contributed by atoms with van der Waals surface area (Å²) >= 11 is 0. The van der Waals surface area contributed by atoms with Gasteiger partial charge in [-0.2, -0.15) is 0 Å². The van der Waals surface area contributed by atoms with Gasteiger partial charge in [0.1, 0.15) is 0 Å². The van der Waals surface area contributed by atoms with E-state index in [1.54, 1.807) is 0 Å². The quantitative estimate of drug-likeness (QED) is 0.705. The average Bonchev–Trinajstić information content (AvgIpc) is 3.10. The van der Waals surface area contributed by atoms with E-state index in [-0.39, 0.29) is 6.04 Å². The lowest BCUT2D eigenvalue weighted by atomic mass is 10.1. The second-order valence-corrected chi connectivity index (χ2v) is 6.63. The molecule has 0 spiro atoms. The minimum absolute atomic E-state index is 0.0854. The van der Waals surface area contributed by atoms with E-state index >= 15 is 0 Å². The van der Waals surface area contributed by atoms with Crippen LogP contribution >= 0.6 is 0 Å². The summed E-state index contributed by atoms with van der Waals surface area (Å²) in [5, 5.41) is 23.6. The maximum atomic E-state index is 5.80. The van der Waals surface area contributed by atoms with Crippen LogP contribution in [0.5, 0.6) is 0 Å². The Morgan fingerprint density at radius 3 is 2.76 bits per heavy atom. The Bertz CT molecular complexity index is 835. The average molecular weight is 339 g/mol. The molecule has 1 saturated carbocycles. The Hall–Kier alpha value is -2.61. The minimum atomic E-state index is -0.0854. The van der Waals surface area contributed by atoms with Gasteiger partial charge in [0, 0.05) is 12.1 Å². The van der Waals surface area contributed by atoms with Crippen LogP contribution in [0.15, 0.2) is 28.7 Å². The first kappa shape index (κ1) is 15.9. The topological polar surface area (TPSA) is 94.5 Å². The minimum Gasteiger partial charge on any atom is -0.419 e. The fourth-order valence-corrected chi connectivity index (χ4v) is 2.59. The molecule has 8 nitrogen and oxygen atoms in total. The molecule has 1 N–H and O–H groups in total. The van der Waals surface area contributed by atoms with Crippen molar-refractivity contribution in [2.24, 2.45) is 5.92 Å². The van der Waals surface area contributed by atoms with Gasteiger partial charge in [-0.15, -0.1) is 15.3 Å². The van der Waals surface area contributed by atoms with Crippen molar-refractivity contribution in [3.63, 3.8) is 0 Å². The predicted octanol–water partition coefficient (Wildman–Crippen LogP) is 2.29. The van der Waals surface area contributed by atoms with Crippen molar-refractivity contribution in [1.82, 2.24) is 35.7 Å². The van der Waals surface area contributed by atoms with Gasteiger partial charge < -0.3 is 4.42 Å². The molecular weight excluding hydrogens is 318 g/mol. The van der Waals surface area contributed by atoms with Crippen molar-refractivity contribution in [3.8, 4) is 11.5 Å². The summed E-state index contributed by atoms with van der Waals surface area (Å²) in [7, 11) is 0. The van der Waals surface area contributed by atoms with E-state index in [0.717, 1.165) is 23.9 Å². The molecule has 1 atom stereocenters. The number of nitrogens with zero attached hydrogens (tertiary/aromatic N) is 6. The molecule has 1 aliphatic carbocycles. The van der Waals surface area contributed by atoms with E-state index in [1.807, 2.05) is 42.8 Å². The zero-order chi connectivity index (χ0) is 17.2. The van der Waals surface area contributed by atoms with Crippen molar-refractivity contribution >= 4 is 0 Å². The highest BCUT2D eigenvalue weighted by molar-refractivity contribution is 5.52. The van der Waals surface area contributed by atoms with Crippen LogP contribution in [0, 0.1) is 12.8 Å². The summed E-state index contributed by atoms with van der Waals surface area (Å²) in [5.74, 6) is 2.64. The lowest BCUT2D eigenvalue weighted by Gasteiger charge is -2.09. The fourth-order valence-electron chi connectivity index (χ4n) is 2.59. The summed E-state index contributed by atoms with van der Waals surface area (Å²) < 4.78 is 7.68. The number of hydrogen-bond acceptors (Lipinski definition) is 7. The molecule has 1 fully saturated rings. The molecule has 130 valence electrons. The van der Waals surface area contributed by atoms with Crippen molar-refractivity contribution in [3.05, 3.63) is 41.5 Å². The molecule has 0 bridgehead atoms. The Labute approximate surface area is 145 Å². The third-order valence-electron chi connectivity index (χ3n) is 4.41. The van der Waals surface area contributed by atoms with E-state index in [1.165, 1.54) is 18.4 Å². The molecule has 25 heavy (non-hydrogen) atoms. The van der Waals surface area contributed by atoms with Crippen LogP contribution in [0.1, 0.15) is 43.1 Å². The SMILES string of the molecule is Cc1ccc(-c2nnc(C(C)NCc3nnnn3CC3CC3)o2)cc1. The molecule has 1 aliphatic rings. The maximum absolute atomic E-state index is 5.80. The second kappa shape index (κ2) is 6.72. The van der Waals surface area contributed by atoms with Gasteiger partial charge >= 0.3 is 0 Å². The Morgan fingerprint density at radius 2 is 2.00 bits per heavy atom. The third-order valence-corrected chi connectivity index (χ3v) is 4.41. The molecule has 1 unspecified atom stereocenters. The highest BCUT2D eigenvalue weighted by Crippen LogP contribution is 2.30. The molecule has 0 amide bonds. The molecule has 1 aromatic carbocycles. The number of benzene rings is 1. The van der Waals surface area contributed by atoms with Crippen LogP contribution in [0.2, 0.25) is 0 Å². The van der Waals surface area contributed by atoms with Gasteiger partial charge in [0.15, 0.2) is 5.82 Å². The number of hydrogen-bond donors (Lipinski definition) is 1. The van der Waals surface area contributed by atoms with Crippen LogP contribution < -0.4 is 5.32 Å². The predicted molar refractivity (Wildman–Crippen MR) is 90.3 cm³/mol. The third kappa shape index (κ3) is 3.74. The lowest BCUT2D eigenvalue weighted by molar-refractivity contribution is 0.411. The highest BCUT2D eigenvalue weighted by atomic mass is 16.4. The van der Waals surface area contributed by atoms with Gasteiger partial charge in [-0.1, -0.05) is 17.7 Å². The summed E-state index contributed by atoms with van der Waals surface area (Å²) in [6.07, 6.45) is 2.54. The summed E-state index contributed by atoms with van der Waals surface area (Å²) in [6.45, 7) is 5.49. The van der Waals surface area contributed by atoms with Gasteiger partial charge in [0.05, 0.1) is 12.6 Å². The summed E-state index contributed by atoms with van der Waals surface area (Å²) in [5.41, 5.74) is 2.12. The Morgan fingerprint density at radius 1 is 1.20 bits per heavy atom. The smallest absolute Gasteiger partial charge is 0.247 e. The zero-order valence-electron chi connectivity index (χ0n) is 14.4. The monoisotopic (exact) mass is 339 g/mol. The highest BCUT2D eigenvalue weighted by Gasteiger charge is 2.24. The first-order valence-electron chi connectivity index (χ1n) is 8.58. The van der Waals surface area contributed by atoms with E-state index < -0.39 is 0 Å². The van der Waals surface area contributed by atoms with Crippen LogP contribution in [0.4, 0.5) is 0 Å². The van der Waals surface area contributed by atoms with Crippen LogP contribution in [-0.2, 0) is 13.1 Å². The largest absolute Gasteiger partial charge is 0.419 e. The number of rotatable bonds is 7.